The number of hydrogen-bond acceptors (Lipinski definition) is 1. The van der Waals surface area contributed by atoms with E-state index >= 15 is 0 Å². The van der Waals surface area contributed by atoms with Gasteiger partial charge >= 0.3 is 0 Å². The van der Waals surface area contributed by atoms with E-state index in [0.717, 1.165) is 12.1 Å². The van der Waals surface area contributed by atoms with Crippen LogP contribution in [0.3, 0.4) is 0 Å². The first-order chi connectivity index (χ1) is 12.9. The van der Waals surface area contributed by atoms with E-state index in [-0.39, 0.29) is 0 Å². The van der Waals surface area contributed by atoms with Gasteiger partial charge in [0.05, 0.1) is 0 Å². The second-order valence-electron chi connectivity index (χ2n) is 6.13. The third kappa shape index (κ3) is 3.74. The van der Waals surface area contributed by atoms with Crippen LogP contribution in [0.1, 0.15) is 11.3 Å². The standard InChI is InChI=1S/C24H20NP/c1-3-13-22(14-4-1)26(23-15-5-2-6-16-23)24-17-8-7-11-20(24)19-21-12-9-10-18-25-21/h1-18H,19H2. The first kappa shape index (κ1) is 16.7. The average Bonchev–Trinajstić information content (AvgIpc) is 2.72. The van der Waals surface area contributed by atoms with Crippen LogP contribution in [0.4, 0.5) is 0 Å². The molecule has 0 N–H and O–H groups in total. The number of pyridine rings is 1. The number of hydrogen-bond donors (Lipinski definition) is 0. The molecule has 0 amide bonds. The zero-order chi connectivity index (χ0) is 17.6. The monoisotopic (exact) mass is 353 g/mol. The third-order valence-electron chi connectivity index (χ3n) is 4.36. The van der Waals surface area contributed by atoms with Gasteiger partial charge in [0.25, 0.3) is 0 Å². The Balaban J connectivity index is 1.82. The highest BCUT2D eigenvalue weighted by atomic mass is 31.1. The Labute approximate surface area is 156 Å². The lowest BCUT2D eigenvalue weighted by molar-refractivity contribution is 1.08. The third-order valence-corrected chi connectivity index (χ3v) is 6.91. The second kappa shape index (κ2) is 8.08. The largest absolute Gasteiger partial charge is 0.261 e. The van der Waals surface area contributed by atoms with E-state index in [1.54, 1.807) is 0 Å². The quantitative estimate of drug-likeness (QED) is 0.484. The molecule has 126 valence electrons. The summed E-state index contributed by atoms with van der Waals surface area (Å²) >= 11 is 0. The maximum absolute atomic E-state index is 4.53. The van der Waals surface area contributed by atoms with Crippen LogP contribution in [-0.4, -0.2) is 4.98 Å². The number of rotatable bonds is 5. The molecule has 0 saturated heterocycles. The predicted molar refractivity (Wildman–Crippen MR) is 112 cm³/mol. The van der Waals surface area contributed by atoms with Gasteiger partial charge in [-0.2, -0.15) is 0 Å². The normalized spacial score (nSPS) is 10.8. The predicted octanol–water partition coefficient (Wildman–Crippen LogP) is 4.43. The molecule has 0 bridgehead atoms. The van der Waals surface area contributed by atoms with Crippen LogP contribution in [0.2, 0.25) is 0 Å². The van der Waals surface area contributed by atoms with Crippen LogP contribution < -0.4 is 15.9 Å². The van der Waals surface area contributed by atoms with Crippen LogP contribution in [0.15, 0.2) is 109 Å². The van der Waals surface area contributed by atoms with Crippen molar-refractivity contribution in [2.45, 2.75) is 6.42 Å². The van der Waals surface area contributed by atoms with Crippen LogP contribution in [0, 0.1) is 0 Å². The minimum atomic E-state index is -0.591. The van der Waals surface area contributed by atoms with Crippen molar-refractivity contribution in [2.75, 3.05) is 0 Å². The van der Waals surface area contributed by atoms with E-state index in [9.17, 15) is 0 Å². The maximum atomic E-state index is 4.53. The van der Waals surface area contributed by atoms with Crippen molar-refractivity contribution < 1.29 is 0 Å². The molecule has 1 aromatic heterocycles. The van der Waals surface area contributed by atoms with Gasteiger partial charge in [-0.25, -0.2) is 0 Å². The Kier molecular flexibility index (Phi) is 5.19. The van der Waals surface area contributed by atoms with Crippen LogP contribution in [-0.2, 0) is 6.42 Å². The summed E-state index contributed by atoms with van der Waals surface area (Å²) < 4.78 is 0. The summed E-state index contributed by atoms with van der Waals surface area (Å²) in [6.07, 6.45) is 2.73. The summed E-state index contributed by atoms with van der Waals surface area (Å²) in [5.41, 5.74) is 2.46. The summed E-state index contributed by atoms with van der Waals surface area (Å²) in [6, 6.07) is 36.6. The smallest absolute Gasteiger partial charge is 0.0447 e. The first-order valence-electron chi connectivity index (χ1n) is 8.80. The summed E-state index contributed by atoms with van der Waals surface area (Å²) in [6.45, 7) is 0. The minimum absolute atomic E-state index is 0.591. The molecule has 0 unspecified atom stereocenters. The highest BCUT2D eigenvalue weighted by Gasteiger charge is 2.19. The van der Waals surface area contributed by atoms with E-state index < -0.39 is 7.92 Å². The molecule has 2 heteroatoms. The van der Waals surface area contributed by atoms with Gasteiger partial charge in [0.1, 0.15) is 0 Å². The van der Waals surface area contributed by atoms with Gasteiger partial charge < -0.3 is 0 Å². The van der Waals surface area contributed by atoms with Crippen molar-refractivity contribution in [1.29, 1.82) is 0 Å². The summed E-state index contributed by atoms with van der Waals surface area (Å²) in [5, 5.41) is 4.16. The topological polar surface area (TPSA) is 12.9 Å². The fraction of sp³-hybridized carbons (Fsp3) is 0.0417. The molecule has 0 atom stereocenters. The fourth-order valence-corrected chi connectivity index (χ4v) is 5.63. The van der Waals surface area contributed by atoms with Gasteiger partial charge in [0, 0.05) is 18.3 Å². The molecule has 3 aromatic carbocycles. The number of nitrogens with zero attached hydrogens (tertiary/aromatic N) is 1. The molecule has 0 spiro atoms. The fourth-order valence-electron chi connectivity index (χ4n) is 3.16. The molecule has 26 heavy (non-hydrogen) atoms. The minimum Gasteiger partial charge on any atom is -0.261 e. The molecule has 0 radical (unpaired) electrons. The molecule has 0 aliphatic heterocycles. The van der Waals surface area contributed by atoms with E-state index in [0.29, 0.717) is 0 Å². The van der Waals surface area contributed by atoms with Crippen molar-refractivity contribution in [3.63, 3.8) is 0 Å². The lowest BCUT2D eigenvalue weighted by atomic mass is 10.1. The maximum Gasteiger partial charge on any atom is 0.0447 e. The van der Waals surface area contributed by atoms with Gasteiger partial charge in [-0.15, -0.1) is 0 Å². The van der Waals surface area contributed by atoms with Crippen molar-refractivity contribution >= 4 is 23.8 Å². The molecule has 0 saturated carbocycles. The molecule has 0 aliphatic rings. The summed E-state index contributed by atoms with van der Waals surface area (Å²) in [5.74, 6) is 0. The number of benzene rings is 3. The molecular formula is C24H20NP. The van der Waals surface area contributed by atoms with E-state index in [4.69, 9.17) is 0 Å². The SMILES string of the molecule is c1ccc(P(c2ccccc2)c2ccccc2Cc2ccccn2)cc1. The lowest BCUT2D eigenvalue weighted by Gasteiger charge is -2.22. The van der Waals surface area contributed by atoms with Crippen LogP contribution >= 0.6 is 7.92 Å². The molecule has 1 heterocycles. The van der Waals surface area contributed by atoms with Crippen molar-refractivity contribution in [2.24, 2.45) is 0 Å². The van der Waals surface area contributed by atoms with E-state index in [2.05, 4.69) is 102 Å². The first-order valence-corrected chi connectivity index (χ1v) is 10.1. The Morgan fingerprint density at radius 2 is 1.15 bits per heavy atom. The Morgan fingerprint density at radius 3 is 1.77 bits per heavy atom. The Bertz CT molecular complexity index is 913. The van der Waals surface area contributed by atoms with Gasteiger partial charge in [0.2, 0.25) is 0 Å². The van der Waals surface area contributed by atoms with Gasteiger partial charge in [0.15, 0.2) is 0 Å². The zero-order valence-electron chi connectivity index (χ0n) is 14.5. The van der Waals surface area contributed by atoms with Crippen LogP contribution in [0.25, 0.3) is 0 Å². The van der Waals surface area contributed by atoms with E-state index in [1.165, 1.54) is 21.5 Å². The molecular weight excluding hydrogens is 333 g/mol. The van der Waals surface area contributed by atoms with Gasteiger partial charge in [-0.3, -0.25) is 4.98 Å². The van der Waals surface area contributed by atoms with Crippen molar-refractivity contribution in [3.05, 3.63) is 121 Å². The summed E-state index contributed by atoms with van der Waals surface area (Å²) in [4.78, 5) is 4.53. The highest BCUT2D eigenvalue weighted by molar-refractivity contribution is 7.79. The van der Waals surface area contributed by atoms with Crippen LogP contribution in [0.5, 0.6) is 0 Å². The molecule has 4 aromatic rings. The second-order valence-corrected chi connectivity index (χ2v) is 8.32. The van der Waals surface area contributed by atoms with Crippen molar-refractivity contribution in [1.82, 2.24) is 4.98 Å². The molecule has 0 aliphatic carbocycles. The molecule has 1 nitrogen and oxygen atoms in total. The number of aromatic nitrogens is 1. The Morgan fingerprint density at radius 1 is 0.577 bits per heavy atom. The highest BCUT2D eigenvalue weighted by Crippen LogP contribution is 2.34. The van der Waals surface area contributed by atoms with E-state index in [1.807, 2.05) is 12.3 Å². The Hall–Kier alpha value is -2.76. The zero-order valence-corrected chi connectivity index (χ0v) is 15.4. The summed E-state index contributed by atoms with van der Waals surface area (Å²) in [7, 11) is -0.591. The average molecular weight is 353 g/mol. The van der Waals surface area contributed by atoms with Crippen molar-refractivity contribution in [3.8, 4) is 0 Å². The molecule has 0 fully saturated rings. The molecule has 4 rings (SSSR count). The van der Waals surface area contributed by atoms with Gasteiger partial charge in [-0.05, 0) is 41.5 Å². The van der Waals surface area contributed by atoms with Gasteiger partial charge in [-0.1, -0.05) is 91.0 Å². The lowest BCUT2D eigenvalue weighted by Crippen LogP contribution is -2.23.